The number of hydrogen-bond donors (Lipinski definition) is 2. The maximum absolute atomic E-state index is 12.1. The van der Waals surface area contributed by atoms with Gasteiger partial charge in [-0.25, -0.2) is 0 Å². The first kappa shape index (κ1) is 19.7. The van der Waals surface area contributed by atoms with Crippen molar-refractivity contribution in [2.24, 2.45) is 0 Å². The minimum absolute atomic E-state index is 0.0957. The number of carbonyl (C=O) groups excluding carboxylic acids is 2. The first-order valence-corrected chi connectivity index (χ1v) is 9.19. The molecule has 0 heterocycles. The summed E-state index contributed by atoms with van der Waals surface area (Å²) in [5.74, 6) is 0.742. The van der Waals surface area contributed by atoms with E-state index in [0.29, 0.717) is 23.6 Å². The molecular formula is C19H22N2O4S. The van der Waals surface area contributed by atoms with E-state index in [9.17, 15) is 9.59 Å². The van der Waals surface area contributed by atoms with Gasteiger partial charge in [0.1, 0.15) is 11.5 Å². The summed E-state index contributed by atoms with van der Waals surface area (Å²) in [5.41, 5.74) is 1.34. The van der Waals surface area contributed by atoms with Gasteiger partial charge in [-0.3, -0.25) is 9.59 Å². The van der Waals surface area contributed by atoms with Gasteiger partial charge in [0.05, 0.1) is 20.8 Å². The number of hydrogen-bond acceptors (Lipinski definition) is 5. The summed E-state index contributed by atoms with van der Waals surface area (Å²) in [7, 11) is 3.14. The molecule has 2 rings (SSSR count). The SMILES string of the molecule is COc1ccc(CNC(=O)CNC(=O)c2ccc(SC)cc2)c(OC)c1. The summed E-state index contributed by atoms with van der Waals surface area (Å²) in [6, 6.07) is 12.6. The van der Waals surface area contributed by atoms with Crippen LogP contribution in [0.2, 0.25) is 0 Å². The number of thioether (sulfide) groups is 1. The molecule has 2 aromatic carbocycles. The standard InChI is InChI=1S/C19H22N2O4S/c1-24-15-7-4-14(17(10-15)25-2)11-20-18(22)12-21-19(23)13-5-8-16(26-3)9-6-13/h4-10H,11-12H2,1-3H3,(H,20,22)(H,21,23). The minimum atomic E-state index is -0.283. The predicted octanol–water partition coefficient (Wildman–Crippen LogP) is 2.47. The molecule has 2 amide bonds. The van der Waals surface area contributed by atoms with Gasteiger partial charge in [0.15, 0.2) is 0 Å². The second-order valence-electron chi connectivity index (χ2n) is 5.37. The van der Waals surface area contributed by atoms with Crippen molar-refractivity contribution in [2.45, 2.75) is 11.4 Å². The Balaban J connectivity index is 1.84. The zero-order valence-electron chi connectivity index (χ0n) is 15.0. The summed E-state index contributed by atoms with van der Waals surface area (Å²) in [6.45, 7) is 0.200. The molecule has 0 aromatic heterocycles. The van der Waals surface area contributed by atoms with Crippen LogP contribution < -0.4 is 20.1 Å². The van der Waals surface area contributed by atoms with E-state index in [2.05, 4.69) is 10.6 Å². The number of benzene rings is 2. The normalized spacial score (nSPS) is 10.1. The molecule has 0 aliphatic rings. The van der Waals surface area contributed by atoms with Crippen LogP contribution in [0.5, 0.6) is 11.5 Å². The number of methoxy groups -OCH3 is 2. The van der Waals surface area contributed by atoms with Crippen molar-refractivity contribution >= 4 is 23.6 Å². The van der Waals surface area contributed by atoms with Gasteiger partial charge >= 0.3 is 0 Å². The summed E-state index contributed by atoms with van der Waals surface area (Å²) in [6.07, 6.45) is 1.97. The Morgan fingerprint density at radius 1 is 1.00 bits per heavy atom. The second-order valence-corrected chi connectivity index (χ2v) is 6.25. The van der Waals surface area contributed by atoms with Crippen LogP contribution in [-0.2, 0) is 11.3 Å². The zero-order chi connectivity index (χ0) is 18.9. The van der Waals surface area contributed by atoms with Gasteiger partial charge in [-0.1, -0.05) is 0 Å². The van der Waals surface area contributed by atoms with Gasteiger partial charge in [0.25, 0.3) is 5.91 Å². The third-order valence-corrected chi connectivity index (χ3v) is 4.48. The van der Waals surface area contributed by atoms with Crippen molar-refractivity contribution in [3.63, 3.8) is 0 Å². The highest BCUT2D eigenvalue weighted by Gasteiger charge is 2.10. The molecule has 0 spiro atoms. The largest absolute Gasteiger partial charge is 0.497 e. The molecule has 0 saturated heterocycles. The van der Waals surface area contributed by atoms with Gasteiger partial charge in [0, 0.05) is 28.6 Å². The summed E-state index contributed by atoms with van der Waals surface area (Å²) in [4.78, 5) is 25.1. The molecule has 0 aliphatic heterocycles. The summed E-state index contributed by atoms with van der Waals surface area (Å²) < 4.78 is 10.4. The quantitative estimate of drug-likeness (QED) is 0.694. The molecule has 0 bridgehead atoms. The predicted molar refractivity (Wildman–Crippen MR) is 102 cm³/mol. The Kier molecular flexibility index (Phi) is 7.35. The molecule has 0 fully saturated rings. The average Bonchev–Trinajstić information content (AvgIpc) is 2.70. The van der Waals surface area contributed by atoms with E-state index in [1.807, 2.05) is 24.5 Å². The number of carbonyl (C=O) groups is 2. The molecule has 26 heavy (non-hydrogen) atoms. The van der Waals surface area contributed by atoms with Gasteiger partial charge in [-0.2, -0.15) is 0 Å². The van der Waals surface area contributed by atoms with Crippen molar-refractivity contribution in [3.8, 4) is 11.5 Å². The van der Waals surface area contributed by atoms with Crippen LogP contribution in [0.3, 0.4) is 0 Å². The smallest absolute Gasteiger partial charge is 0.251 e. The highest BCUT2D eigenvalue weighted by molar-refractivity contribution is 7.98. The van der Waals surface area contributed by atoms with Gasteiger partial charge in [0.2, 0.25) is 5.91 Å². The Morgan fingerprint density at radius 3 is 2.35 bits per heavy atom. The first-order valence-electron chi connectivity index (χ1n) is 7.97. The van der Waals surface area contributed by atoms with Crippen LogP contribution in [-0.4, -0.2) is 38.8 Å². The number of ether oxygens (including phenoxy) is 2. The molecule has 0 saturated carbocycles. The van der Waals surface area contributed by atoms with Gasteiger partial charge in [-0.15, -0.1) is 11.8 Å². The summed E-state index contributed by atoms with van der Waals surface area (Å²) >= 11 is 1.60. The van der Waals surface area contributed by atoms with E-state index >= 15 is 0 Å². The van der Waals surface area contributed by atoms with E-state index in [-0.39, 0.29) is 18.4 Å². The Bertz CT molecular complexity index is 763. The van der Waals surface area contributed by atoms with Crippen LogP contribution in [0.25, 0.3) is 0 Å². The van der Waals surface area contributed by atoms with Crippen molar-refractivity contribution in [3.05, 3.63) is 53.6 Å². The van der Waals surface area contributed by atoms with E-state index < -0.39 is 0 Å². The maximum atomic E-state index is 12.1. The van der Waals surface area contributed by atoms with E-state index in [1.54, 1.807) is 50.2 Å². The highest BCUT2D eigenvalue weighted by Crippen LogP contribution is 2.24. The number of amides is 2. The van der Waals surface area contributed by atoms with Crippen LogP contribution in [0.15, 0.2) is 47.4 Å². The van der Waals surface area contributed by atoms with Crippen LogP contribution >= 0.6 is 11.8 Å². The molecule has 7 heteroatoms. The molecule has 0 unspecified atom stereocenters. The van der Waals surface area contributed by atoms with E-state index in [0.717, 1.165) is 10.5 Å². The molecule has 6 nitrogen and oxygen atoms in total. The topological polar surface area (TPSA) is 76.7 Å². The monoisotopic (exact) mass is 374 g/mol. The number of rotatable bonds is 8. The lowest BCUT2D eigenvalue weighted by molar-refractivity contribution is -0.120. The Morgan fingerprint density at radius 2 is 1.73 bits per heavy atom. The molecule has 0 radical (unpaired) electrons. The van der Waals surface area contributed by atoms with Gasteiger partial charge in [-0.05, 0) is 42.7 Å². The summed E-state index contributed by atoms with van der Waals surface area (Å²) in [5, 5.41) is 5.37. The Labute approximate surface area is 157 Å². The van der Waals surface area contributed by atoms with E-state index in [1.165, 1.54) is 0 Å². The van der Waals surface area contributed by atoms with E-state index in [4.69, 9.17) is 9.47 Å². The zero-order valence-corrected chi connectivity index (χ0v) is 15.8. The fourth-order valence-electron chi connectivity index (χ4n) is 2.26. The molecule has 2 aromatic rings. The van der Waals surface area contributed by atoms with Crippen LogP contribution in [0.4, 0.5) is 0 Å². The molecule has 138 valence electrons. The van der Waals surface area contributed by atoms with Gasteiger partial charge < -0.3 is 20.1 Å². The van der Waals surface area contributed by atoms with Crippen LogP contribution in [0.1, 0.15) is 15.9 Å². The molecule has 0 atom stereocenters. The lowest BCUT2D eigenvalue weighted by Gasteiger charge is -2.12. The average molecular weight is 374 g/mol. The second kappa shape index (κ2) is 9.72. The molecule has 0 aliphatic carbocycles. The highest BCUT2D eigenvalue weighted by atomic mass is 32.2. The molecular weight excluding hydrogens is 352 g/mol. The lowest BCUT2D eigenvalue weighted by Crippen LogP contribution is -2.36. The van der Waals surface area contributed by atoms with Crippen molar-refractivity contribution < 1.29 is 19.1 Å². The fourth-order valence-corrected chi connectivity index (χ4v) is 2.67. The first-order chi connectivity index (χ1) is 12.6. The van der Waals surface area contributed by atoms with Crippen molar-refractivity contribution in [1.29, 1.82) is 0 Å². The van der Waals surface area contributed by atoms with Crippen LogP contribution in [0, 0.1) is 0 Å². The fraction of sp³-hybridized carbons (Fsp3) is 0.263. The maximum Gasteiger partial charge on any atom is 0.251 e. The van der Waals surface area contributed by atoms with Crippen molar-refractivity contribution in [1.82, 2.24) is 10.6 Å². The minimum Gasteiger partial charge on any atom is -0.497 e. The molecule has 2 N–H and O–H groups in total. The Hall–Kier alpha value is -2.67. The van der Waals surface area contributed by atoms with Crippen molar-refractivity contribution in [2.75, 3.05) is 27.0 Å². The number of nitrogens with one attached hydrogen (secondary N) is 2. The lowest BCUT2D eigenvalue weighted by atomic mass is 10.2. The third-order valence-electron chi connectivity index (χ3n) is 3.73. The third kappa shape index (κ3) is 5.42.